The van der Waals surface area contributed by atoms with Gasteiger partial charge in [-0.3, -0.25) is 4.90 Å². The highest BCUT2D eigenvalue weighted by molar-refractivity contribution is 5.80. The molecule has 3 heterocycles. The molecule has 2 nitrogen and oxygen atoms in total. The van der Waals surface area contributed by atoms with Crippen molar-refractivity contribution in [3.63, 3.8) is 0 Å². The molecule has 116 valence electrons. The molecule has 2 bridgehead atoms. The van der Waals surface area contributed by atoms with Gasteiger partial charge in [0.2, 0.25) is 0 Å². The van der Waals surface area contributed by atoms with Gasteiger partial charge in [-0.2, -0.15) is 0 Å². The number of piperidine rings is 1. The van der Waals surface area contributed by atoms with Crippen LogP contribution in [0.1, 0.15) is 31.9 Å². The predicted octanol–water partition coefficient (Wildman–Crippen LogP) is 4.39. The van der Waals surface area contributed by atoms with Crippen LogP contribution in [-0.4, -0.2) is 29.0 Å². The number of benzene rings is 1. The summed E-state index contributed by atoms with van der Waals surface area (Å²) in [5, 5.41) is 1.33. The molecule has 2 aromatic rings. The van der Waals surface area contributed by atoms with E-state index in [0.717, 1.165) is 18.3 Å². The second-order valence-corrected chi connectivity index (χ2v) is 7.05. The van der Waals surface area contributed by atoms with E-state index in [1.807, 2.05) is 0 Å². The molecule has 1 fully saturated rings. The van der Waals surface area contributed by atoms with Crippen molar-refractivity contribution in [2.45, 2.75) is 38.6 Å². The van der Waals surface area contributed by atoms with Gasteiger partial charge in [0.15, 0.2) is 0 Å². The van der Waals surface area contributed by atoms with Gasteiger partial charge in [0.25, 0.3) is 0 Å². The van der Waals surface area contributed by atoms with E-state index in [1.165, 1.54) is 48.9 Å². The van der Waals surface area contributed by atoms with Crippen molar-refractivity contribution < 1.29 is 0 Å². The van der Waals surface area contributed by atoms with Crippen LogP contribution in [-0.2, 0) is 6.42 Å². The molecule has 3 unspecified atom stereocenters. The number of para-hydroxylation sites is 1. The summed E-state index contributed by atoms with van der Waals surface area (Å²) < 4.78 is 0. The molecule has 1 N–H and O–H groups in total. The number of hydrogen-bond donors (Lipinski definition) is 1. The zero-order valence-electron chi connectivity index (χ0n) is 13.5. The van der Waals surface area contributed by atoms with Crippen LogP contribution in [0.2, 0.25) is 0 Å². The highest BCUT2D eigenvalue weighted by atomic mass is 15.2. The van der Waals surface area contributed by atoms with Gasteiger partial charge in [-0.05, 0) is 42.2 Å². The fraction of sp³-hybridized carbons (Fsp3) is 0.500. The third kappa shape index (κ3) is 2.61. The molecule has 1 aromatic carbocycles. The number of H-pyrrole nitrogens is 1. The molecule has 1 saturated heterocycles. The topological polar surface area (TPSA) is 19.0 Å². The first kappa shape index (κ1) is 14.1. The summed E-state index contributed by atoms with van der Waals surface area (Å²) in [6.45, 7) is 4.76. The Morgan fingerprint density at radius 3 is 2.95 bits per heavy atom. The van der Waals surface area contributed by atoms with Gasteiger partial charge < -0.3 is 4.98 Å². The maximum Gasteiger partial charge on any atom is 0.0456 e. The van der Waals surface area contributed by atoms with Crippen LogP contribution in [0.15, 0.2) is 42.5 Å². The van der Waals surface area contributed by atoms with Crippen LogP contribution in [0, 0.1) is 11.8 Å². The predicted molar refractivity (Wildman–Crippen MR) is 93.0 cm³/mol. The smallest absolute Gasteiger partial charge is 0.0456 e. The van der Waals surface area contributed by atoms with Crippen LogP contribution in [0.3, 0.4) is 0 Å². The minimum Gasteiger partial charge on any atom is -0.358 e. The third-order valence-electron chi connectivity index (χ3n) is 5.47. The largest absolute Gasteiger partial charge is 0.358 e. The summed E-state index contributed by atoms with van der Waals surface area (Å²) in [6.07, 6.45) is 10.2. The molecule has 3 aliphatic rings. The summed E-state index contributed by atoms with van der Waals surface area (Å²) in [5.74, 6) is 1.68. The second-order valence-electron chi connectivity index (χ2n) is 7.05. The van der Waals surface area contributed by atoms with E-state index < -0.39 is 0 Å². The fourth-order valence-corrected chi connectivity index (χ4v) is 4.45. The lowest BCUT2D eigenvalue weighted by atomic mass is 9.75. The zero-order valence-corrected chi connectivity index (χ0v) is 13.5. The minimum atomic E-state index is 0.689. The molecule has 0 radical (unpaired) electrons. The maximum absolute atomic E-state index is 3.57. The summed E-state index contributed by atoms with van der Waals surface area (Å²) >= 11 is 0. The normalized spacial score (nSPS) is 27.8. The van der Waals surface area contributed by atoms with Gasteiger partial charge in [-0.1, -0.05) is 43.7 Å². The van der Waals surface area contributed by atoms with Crippen LogP contribution < -0.4 is 0 Å². The average Bonchev–Trinajstić information content (AvgIpc) is 2.97. The minimum absolute atomic E-state index is 0.689. The Balaban J connectivity index is 1.44. The van der Waals surface area contributed by atoms with E-state index in [2.05, 4.69) is 59.3 Å². The molecule has 1 aromatic heterocycles. The summed E-state index contributed by atoms with van der Waals surface area (Å²) in [6, 6.07) is 11.6. The summed E-state index contributed by atoms with van der Waals surface area (Å²) in [5.41, 5.74) is 2.64. The summed E-state index contributed by atoms with van der Waals surface area (Å²) in [7, 11) is 0. The Bertz CT molecular complexity index is 636. The third-order valence-corrected chi connectivity index (χ3v) is 5.47. The van der Waals surface area contributed by atoms with Crippen LogP contribution in [0.4, 0.5) is 0 Å². The van der Waals surface area contributed by atoms with Crippen molar-refractivity contribution in [3.05, 3.63) is 48.2 Å². The fourth-order valence-electron chi connectivity index (χ4n) is 4.45. The Morgan fingerprint density at radius 2 is 2.14 bits per heavy atom. The number of rotatable bonds is 5. The Kier molecular flexibility index (Phi) is 3.79. The van der Waals surface area contributed by atoms with E-state index in [0.29, 0.717) is 6.04 Å². The average molecular weight is 294 g/mol. The van der Waals surface area contributed by atoms with Crippen LogP contribution in [0.25, 0.3) is 10.9 Å². The van der Waals surface area contributed by atoms with E-state index in [9.17, 15) is 0 Å². The first-order valence-electron chi connectivity index (χ1n) is 8.82. The zero-order chi connectivity index (χ0) is 14.9. The first-order valence-corrected chi connectivity index (χ1v) is 8.82. The molecular weight excluding hydrogens is 268 g/mol. The number of aromatic nitrogens is 1. The Morgan fingerprint density at radius 1 is 1.23 bits per heavy atom. The summed E-state index contributed by atoms with van der Waals surface area (Å²) in [4.78, 5) is 6.29. The lowest BCUT2D eigenvalue weighted by Crippen LogP contribution is -2.50. The van der Waals surface area contributed by atoms with Crippen molar-refractivity contribution in [2.75, 3.05) is 13.1 Å². The molecular formula is C20H26N2. The lowest BCUT2D eigenvalue weighted by molar-refractivity contribution is 0.0795. The second kappa shape index (κ2) is 5.92. The van der Waals surface area contributed by atoms with Crippen molar-refractivity contribution in [1.82, 2.24) is 9.88 Å². The van der Waals surface area contributed by atoms with Crippen molar-refractivity contribution in [3.8, 4) is 0 Å². The first-order chi connectivity index (χ1) is 10.8. The van der Waals surface area contributed by atoms with E-state index >= 15 is 0 Å². The number of nitrogens with one attached hydrogen (secondary N) is 1. The van der Waals surface area contributed by atoms with Crippen LogP contribution in [0.5, 0.6) is 0 Å². The number of hydrogen-bond acceptors (Lipinski definition) is 1. The molecule has 0 saturated carbocycles. The van der Waals surface area contributed by atoms with Crippen LogP contribution >= 0.6 is 0 Å². The van der Waals surface area contributed by atoms with E-state index in [-0.39, 0.29) is 0 Å². The molecule has 1 aliphatic carbocycles. The van der Waals surface area contributed by atoms with Gasteiger partial charge in [-0.25, -0.2) is 0 Å². The van der Waals surface area contributed by atoms with Gasteiger partial charge in [-0.15, -0.1) is 0 Å². The maximum atomic E-state index is 3.57. The molecule has 5 rings (SSSR count). The highest BCUT2D eigenvalue weighted by Gasteiger charge is 2.36. The van der Waals surface area contributed by atoms with Crippen molar-refractivity contribution in [1.29, 1.82) is 0 Å². The molecule has 0 spiro atoms. The van der Waals surface area contributed by atoms with E-state index in [4.69, 9.17) is 0 Å². The number of nitrogens with zero attached hydrogens (tertiary/aromatic N) is 1. The molecule has 2 heteroatoms. The van der Waals surface area contributed by atoms with Crippen molar-refractivity contribution >= 4 is 10.9 Å². The van der Waals surface area contributed by atoms with Gasteiger partial charge in [0.05, 0.1) is 0 Å². The van der Waals surface area contributed by atoms with Gasteiger partial charge >= 0.3 is 0 Å². The lowest BCUT2D eigenvalue weighted by Gasteiger charge is -2.46. The highest BCUT2D eigenvalue weighted by Crippen LogP contribution is 2.36. The molecule has 22 heavy (non-hydrogen) atoms. The number of aromatic amines is 1. The monoisotopic (exact) mass is 294 g/mol. The molecule has 2 aliphatic heterocycles. The van der Waals surface area contributed by atoms with E-state index in [1.54, 1.807) is 0 Å². The quantitative estimate of drug-likeness (QED) is 0.810. The Hall–Kier alpha value is -1.54. The van der Waals surface area contributed by atoms with Gasteiger partial charge in [0.1, 0.15) is 0 Å². The van der Waals surface area contributed by atoms with Crippen molar-refractivity contribution in [2.24, 2.45) is 11.8 Å². The van der Waals surface area contributed by atoms with Gasteiger partial charge in [0, 0.05) is 36.8 Å². The standard InChI is InChI=1S/C20H26N2/c1-2-5-17-12-15-8-9-20(17)22(14-15)11-10-18-13-16-6-3-4-7-19(16)21-18/h3-4,6-9,13,15,17,20-21H,2,5,10-12,14H2,1H3. The Labute approximate surface area is 133 Å². The molecule has 3 atom stereocenters. The SMILES string of the molecule is CCCC1CC2C=CC1N(CCc1cc3ccccc3[nH]1)C2. The molecule has 0 amide bonds. The number of fused-ring (bicyclic) bond motifs is 3.